The minimum atomic E-state index is -0.767. The summed E-state index contributed by atoms with van der Waals surface area (Å²) in [5.41, 5.74) is 0. The summed E-state index contributed by atoms with van der Waals surface area (Å²) >= 11 is 0. The molecule has 80 heavy (non-hydrogen) atoms. The summed E-state index contributed by atoms with van der Waals surface area (Å²) in [6.45, 7) is 6.60. The van der Waals surface area contributed by atoms with Crippen molar-refractivity contribution in [3.8, 4) is 0 Å². The number of hydrogen-bond acceptors (Lipinski definition) is 6. The fourth-order valence-electron chi connectivity index (χ4n) is 10.8. The first kappa shape index (κ1) is 77.4. The van der Waals surface area contributed by atoms with Gasteiger partial charge in [-0.3, -0.25) is 14.4 Å². The predicted molar refractivity (Wildman–Crippen MR) is 349 cm³/mol. The molecule has 468 valence electrons. The summed E-state index contributed by atoms with van der Waals surface area (Å²) in [4.78, 5) is 38.4. The number of rotatable bonds is 66. The monoisotopic (exact) mass is 1120 g/mol. The second-order valence-electron chi connectivity index (χ2n) is 24.1. The zero-order valence-electron chi connectivity index (χ0n) is 53.9. The van der Waals surface area contributed by atoms with Crippen LogP contribution in [-0.2, 0) is 28.6 Å². The lowest BCUT2D eigenvalue weighted by Crippen LogP contribution is -2.30. The summed E-state index contributed by atoms with van der Waals surface area (Å²) in [6, 6.07) is 0. The van der Waals surface area contributed by atoms with Crippen molar-refractivity contribution in [2.45, 2.75) is 393 Å². The molecule has 1 atom stereocenters. The van der Waals surface area contributed by atoms with Gasteiger partial charge in [0.1, 0.15) is 13.2 Å². The van der Waals surface area contributed by atoms with Gasteiger partial charge in [0.05, 0.1) is 0 Å². The van der Waals surface area contributed by atoms with Crippen molar-refractivity contribution in [1.29, 1.82) is 0 Å². The van der Waals surface area contributed by atoms with E-state index in [2.05, 4.69) is 69.4 Å². The topological polar surface area (TPSA) is 78.9 Å². The lowest BCUT2D eigenvalue weighted by Gasteiger charge is -2.18. The van der Waals surface area contributed by atoms with Crippen molar-refractivity contribution in [3.05, 3.63) is 48.6 Å². The Labute approximate surface area is 498 Å². The summed E-state index contributed by atoms with van der Waals surface area (Å²) in [7, 11) is 0. The first-order valence-corrected chi connectivity index (χ1v) is 35.6. The minimum absolute atomic E-state index is 0.0645. The molecule has 0 aliphatic carbocycles. The SMILES string of the molecule is CC/C=C\C/C=C\C/C=C\C/C=C\CCCCCCCCCCCCCCCCCCCCCCC(=O)OCC(COC(=O)CCCCCCCCCCCCCC)OC(=O)CCCCCCCCCCCCCCCCCCC. The molecule has 0 amide bonds. The Morgan fingerprint density at radius 3 is 0.762 bits per heavy atom. The molecule has 0 aromatic carbocycles. The Kier molecular flexibility index (Phi) is 66.6. The standard InChI is InChI=1S/C74H136O6/c1-4-7-10-13-16-19-22-25-27-29-30-31-32-33-34-35-36-37-38-39-40-41-42-43-44-46-47-49-52-55-58-61-64-67-73(76)79-70-71(69-78-72(75)66-63-60-57-54-51-24-21-18-15-12-9-6-3)80-74(77)68-65-62-59-56-53-50-48-45-28-26-23-20-17-14-11-8-5-2/h7,10,16,19,25,27,30-31,71H,4-6,8-9,11-15,17-18,20-24,26,28-29,32-70H2,1-3H3/b10-7-,19-16-,27-25-,31-30-. The second kappa shape index (κ2) is 68.9. The molecule has 0 heterocycles. The van der Waals surface area contributed by atoms with Crippen molar-refractivity contribution < 1.29 is 28.6 Å². The van der Waals surface area contributed by atoms with Gasteiger partial charge in [-0.15, -0.1) is 0 Å². The molecule has 0 N–H and O–H groups in total. The zero-order chi connectivity index (χ0) is 57.8. The lowest BCUT2D eigenvalue weighted by atomic mass is 10.0. The van der Waals surface area contributed by atoms with Crippen LogP contribution < -0.4 is 0 Å². The average molecular weight is 1120 g/mol. The van der Waals surface area contributed by atoms with Gasteiger partial charge in [-0.1, -0.05) is 358 Å². The molecule has 0 saturated heterocycles. The Hall–Kier alpha value is -2.63. The molecule has 0 bridgehead atoms. The summed E-state index contributed by atoms with van der Waals surface area (Å²) in [5, 5.41) is 0. The molecule has 6 heteroatoms. The molecular formula is C74H136O6. The number of carbonyl (C=O) groups excluding carboxylic acids is 3. The van der Waals surface area contributed by atoms with Crippen LogP contribution in [0, 0.1) is 0 Å². The summed E-state index contributed by atoms with van der Waals surface area (Å²) in [6.07, 6.45) is 87.2. The van der Waals surface area contributed by atoms with Gasteiger partial charge in [0.15, 0.2) is 6.10 Å². The number of carbonyl (C=O) groups is 3. The molecule has 0 aromatic rings. The van der Waals surface area contributed by atoms with Crippen LogP contribution >= 0.6 is 0 Å². The van der Waals surface area contributed by atoms with Crippen molar-refractivity contribution in [1.82, 2.24) is 0 Å². The highest BCUT2D eigenvalue weighted by Gasteiger charge is 2.19. The fourth-order valence-corrected chi connectivity index (χ4v) is 10.8. The molecule has 0 radical (unpaired) electrons. The van der Waals surface area contributed by atoms with Gasteiger partial charge in [-0.05, 0) is 57.8 Å². The molecular weight excluding hydrogens is 985 g/mol. The zero-order valence-corrected chi connectivity index (χ0v) is 53.9. The fraction of sp³-hybridized carbons (Fsp3) is 0.851. The van der Waals surface area contributed by atoms with Crippen molar-refractivity contribution in [2.24, 2.45) is 0 Å². The van der Waals surface area contributed by atoms with Crippen LogP contribution in [0.25, 0.3) is 0 Å². The van der Waals surface area contributed by atoms with E-state index >= 15 is 0 Å². The number of unbranched alkanes of at least 4 members (excludes halogenated alkanes) is 47. The highest BCUT2D eigenvalue weighted by Crippen LogP contribution is 2.19. The molecule has 0 saturated carbocycles. The number of allylic oxidation sites excluding steroid dienone is 8. The number of esters is 3. The summed E-state index contributed by atoms with van der Waals surface area (Å²) in [5.74, 6) is -0.834. The highest BCUT2D eigenvalue weighted by molar-refractivity contribution is 5.71. The first-order chi connectivity index (χ1) is 39.5. The van der Waals surface area contributed by atoms with Gasteiger partial charge < -0.3 is 14.2 Å². The Morgan fingerprint density at radius 2 is 0.487 bits per heavy atom. The maximum absolute atomic E-state index is 12.9. The van der Waals surface area contributed by atoms with E-state index in [1.165, 1.54) is 263 Å². The van der Waals surface area contributed by atoms with Crippen molar-refractivity contribution in [3.63, 3.8) is 0 Å². The smallest absolute Gasteiger partial charge is 0.306 e. The van der Waals surface area contributed by atoms with E-state index in [4.69, 9.17) is 14.2 Å². The lowest BCUT2D eigenvalue weighted by molar-refractivity contribution is -0.167. The molecule has 6 nitrogen and oxygen atoms in total. The molecule has 0 fully saturated rings. The van der Waals surface area contributed by atoms with Crippen molar-refractivity contribution in [2.75, 3.05) is 13.2 Å². The quantitative estimate of drug-likeness (QED) is 0.0261. The van der Waals surface area contributed by atoms with E-state index in [1.54, 1.807) is 0 Å². The highest BCUT2D eigenvalue weighted by atomic mass is 16.6. The maximum atomic E-state index is 12.9. The van der Waals surface area contributed by atoms with Crippen LogP contribution in [0.5, 0.6) is 0 Å². The van der Waals surface area contributed by atoms with E-state index < -0.39 is 6.10 Å². The molecule has 1 unspecified atom stereocenters. The van der Waals surface area contributed by atoms with E-state index in [1.807, 2.05) is 0 Å². The molecule has 0 spiro atoms. The largest absolute Gasteiger partial charge is 0.462 e. The van der Waals surface area contributed by atoms with E-state index in [-0.39, 0.29) is 31.1 Å². The van der Waals surface area contributed by atoms with Crippen molar-refractivity contribution >= 4 is 17.9 Å². The molecule has 0 aliphatic rings. The van der Waals surface area contributed by atoms with E-state index in [0.717, 1.165) is 83.5 Å². The Balaban J connectivity index is 4.09. The first-order valence-electron chi connectivity index (χ1n) is 35.6. The van der Waals surface area contributed by atoms with Crippen LogP contribution in [0.15, 0.2) is 48.6 Å². The third-order valence-electron chi connectivity index (χ3n) is 16.1. The van der Waals surface area contributed by atoms with Crippen LogP contribution in [0.1, 0.15) is 387 Å². The molecule has 0 aromatic heterocycles. The van der Waals surface area contributed by atoms with Crippen LogP contribution in [0.4, 0.5) is 0 Å². The number of hydrogen-bond donors (Lipinski definition) is 0. The van der Waals surface area contributed by atoms with Crippen LogP contribution in [-0.4, -0.2) is 37.2 Å². The summed E-state index contributed by atoms with van der Waals surface area (Å²) < 4.78 is 17.0. The molecule has 0 rings (SSSR count). The maximum Gasteiger partial charge on any atom is 0.306 e. The normalized spacial score (nSPS) is 12.3. The Bertz CT molecular complexity index is 1380. The van der Waals surface area contributed by atoms with Gasteiger partial charge in [0, 0.05) is 19.3 Å². The number of ether oxygens (including phenoxy) is 3. The van der Waals surface area contributed by atoms with Gasteiger partial charge in [-0.2, -0.15) is 0 Å². The van der Waals surface area contributed by atoms with Gasteiger partial charge in [0.2, 0.25) is 0 Å². The van der Waals surface area contributed by atoms with Crippen LogP contribution in [0.3, 0.4) is 0 Å². The average Bonchev–Trinajstić information content (AvgIpc) is 3.46. The van der Waals surface area contributed by atoms with E-state index in [9.17, 15) is 14.4 Å². The third-order valence-corrected chi connectivity index (χ3v) is 16.1. The van der Waals surface area contributed by atoms with Crippen LogP contribution in [0.2, 0.25) is 0 Å². The second-order valence-corrected chi connectivity index (χ2v) is 24.1. The minimum Gasteiger partial charge on any atom is -0.462 e. The van der Waals surface area contributed by atoms with Gasteiger partial charge in [0.25, 0.3) is 0 Å². The van der Waals surface area contributed by atoms with Gasteiger partial charge >= 0.3 is 17.9 Å². The Morgan fingerprint density at radius 1 is 0.263 bits per heavy atom. The third kappa shape index (κ3) is 66.2. The van der Waals surface area contributed by atoms with Gasteiger partial charge in [-0.25, -0.2) is 0 Å². The molecule has 0 aliphatic heterocycles. The predicted octanol–water partition coefficient (Wildman–Crippen LogP) is 24.5. The van der Waals surface area contributed by atoms with E-state index in [0.29, 0.717) is 19.3 Å².